The predicted octanol–water partition coefficient (Wildman–Crippen LogP) is 1.73. The summed E-state index contributed by atoms with van der Waals surface area (Å²) < 4.78 is 5.11. The summed E-state index contributed by atoms with van der Waals surface area (Å²) in [7, 11) is 0. The second-order valence-corrected chi connectivity index (χ2v) is 2.86. The second kappa shape index (κ2) is 7.67. The molecule has 0 amide bonds. The third kappa shape index (κ3) is 6.21. The van der Waals surface area contributed by atoms with Gasteiger partial charge >= 0.3 is 0 Å². The summed E-state index contributed by atoms with van der Waals surface area (Å²) >= 11 is 3.27. The van der Waals surface area contributed by atoms with Crippen LogP contribution in [-0.4, -0.2) is 23.0 Å². The van der Waals surface area contributed by atoms with E-state index in [4.69, 9.17) is 0 Å². The van der Waals surface area contributed by atoms with Crippen LogP contribution >= 0.6 is 15.9 Å². The number of carbonyl (C=O) groups excluding carboxylic acids is 1. The Morgan fingerprint density at radius 3 is 2.62 bits per heavy atom. The lowest BCUT2D eigenvalue weighted by Crippen LogP contribution is -1.81. The molecule has 4 nitrogen and oxygen atoms in total. The van der Waals surface area contributed by atoms with Gasteiger partial charge in [-0.05, 0) is 29.8 Å². The van der Waals surface area contributed by atoms with Crippen molar-refractivity contribution in [3.8, 4) is 0 Å². The molecule has 0 atom stereocenters. The van der Waals surface area contributed by atoms with Crippen LogP contribution in [0.2, 0.25) is 0 Å². The largest absolute Gasteiger partial charge is 0.468 e. The third-order valence-corrected chi connectivity index (χ3v) is 1.86. The predicted molar refractivity (Wildman–Crippen MR) is 52.2 cm³/mol. The van der Waals surface area contributed by atoms with Crippen molar-refractivity contribution in [1.82, 2.24) is 9.97 Å². The maximum atomic E-state index is 9.18. The highest BCUT2D eigenvalue weighted by Crippen LogP contribution is 2.08. The van der Waals surface area contributed by atoms with Crippen molar-refractivity contribution in [3.05, 3.63) is 22.7 Å². The van der Waals surface area contributed by atoms with Crippen LogP contribution in [-0.2, 0) is 9.53 Å². The molecular formula is C8H11BrN2O2. The van der Waals surface area contributed by atoms with E-state index in [1.165, 1.54) is 6.33 Å². The SMILES string of the molecule is CCOC=O.Cc1ncncc1Br. The van der Waals surface area contributed by atoms with Crippen molar-refractivity contribution in [1.29, 1.82) is 0 Å². The molecular weight excluding hydrogens is 236 g/mol. The normalized spacial score (nSPS) is 8.23. The molecule has 13 heavy (non-hydrogen) atoms. The van der Waals surface area contributed by atoms with E-state index >= 15 is 0 Å². The summed E-state index contributed by atoms with van der Waals surface area (Å²) in [6.45, 7) is 4.59. The summed E-state index contributed by atoms with van der Waals surface area (Å²) in [5.41, 5.74) is 0.972. The molecule has 0 bridgehead atoms. The highest BCUT2D eigenvalue weighted by Gasteiger charge is 1.88. The fourth-order valence-corrected chi connectivity index (χ4v) is 0.662. The van der Waals surface area contributed by atoms with Gasteiger partial charge in [0, 0.05) is 6.20 Å². The maximum absolute atomic E-state index is 9.18. The zero-order valence-corrected chi connectivity index (χ0v) is 9.11. The third-order valence-electron chi connectivity index (χ3n) is 1.09. The van der Waals surface area contributed by atoms with Crippen LogP contribution in [0.15, 0.2) is 17.0 Å². The number of carbonyl (C=O) groups is 1. The molecule has 1 rings (SSSR count). The lowest BCUT2D eigenvalue weighted by atomic mass is 10.5. The Bertz CT molecular complexity index is 235. The Kier molecular flexibility index (Phi) is 7.10. The van der Waals surface area contributed by atoms with E-state index in [9.17, 15) is 4.79 Å². The highest BCUT2D eigenvalue weighted by atomic mass is 79.9. The van der Waals surface area contributed by atoms with Gasteiger partial charge in [0.2, 0.25) is 0 Å². The van der Waals surface area contributed by atoms with Crippen molar-refractivity contribution >= 4 is 22.4 Å². The van der Waals surface area contributed by atoms with Gasteiger partial charge in [-0.3, -0.25) is 4.79 Å². The number of halogens is 1. The molecule has 0 saturated carbocycles. The average Bonchev–Trinajstić information content (AvgIpc) is 2.13. The Morgan fingerprint density at radius 1 is 1.69 bits per heavy atom. The van der Waals surface area contributed by atoms with Crippen molar-refractivity contribution < 1.29 is 9.53 Å². The van der Waals surface area contributed by atoms with Crippen molar-refractivity contribution in [2.75, 3.05) is 6.61 Å². The minimum absolute atomic E-state index is 0.431. The molecule has 0 N–H and O–H groups in total. The summed E-state index contributed by atoms with van der Waals surface area (Å²) in [6, 6.07) is 0. The zero-order valence-electron chi connectivity index (χ0n) is 7.53. The fourth-order valence-electron chi connectivity index (χ4n) is 0.442. The molecule has 0 aliphatic heterocycles. The molecule has 1 aromatic rings. The molecule has 0 saturated heterocycles. The standard InChI is InChI=1S/C5H5BrN2.C3H6O2/c1-4-5(6)2-7-3-8-4;1-2-5-3-4/h2-3H,1H3;3H,2H2,1H3. The van der Waals surface area contributed by atoms with E-state index in [2.05, 4.69) is 30.6 Å². The molecule has 0 radical (unpaired) electrons. The number of ether oxygens (including phenoxy) is 1. The molecule has 5 heteroatoms. The van der Waals surface area contributed by atoms with Crippen LogP contribution in [0.3, 0.4) is 0 Å². The lowest BCUT2D eigenvalue weighted by molar-refractivity contribution is -0.128. The molecule has 0 aliphatic rings. The van der Waals surface area contributed by atoms with Gasteiger partial charge in [-0.2, -0.15) is 0 Å². The van der Waals surface area contributed by atoms with E-state index < -0.39 is 0 Å². The van der Waals surface area contributed by atoms with Gasteiger partial charge in [-0.1, -0.05) is 0 Å². The van der Waals surface area contributed by atoms with Crippen LogP contribution in [0.25, 0.3) is 0 Å². The fraction of sp³-hybridized carbons (Fsp3) is 0.375. The smallest absolute Gasteiger partial charge is 0.293 e. The number of hydrogen-bond acceptors (Lipinski definition) is 4. The van der Waals surface area contributed by atoms with Gasteiger partial charge < -0.3 is 4.74 Å². The monoisotopic (exact) mass is 246 g/mol. The Labute approximate surface area is 85.5 Å². The molecule has 0 aliphatic carbocycles. The molecule has 1 aromatic heterocycles. The first-order chi connectivity index (χ1) is 6.22. The van der Waals surface area contributed by atoms with Gasteiger partial charge in [0.05, 0.1) is 16.8 Å². The average molecular weight is 247 g/mol. The van der Waals surface area contributed by atoms with Crippen LogP contribution < -0.4 is 0 Å². The molecule has 0 fully saturated rings. The molecule has 0 spiro atoms. The van der Waals surface area contributed by atoms with E-state index in [0.717, 1.165) is 10.2 Å². The summed E-state index contributed by atoms with van der Waals surface area (Å²) in [5, 5.41) is 0. The van der Waals surface area contributed by atoms with E-state index in [-0.39, 0.29) is 0 Å². The van der Waals surface area contributed by atoms with Crippen molar-refractivity contribution in [2.24, 2.45) is 0 Å². The van der Waals surface area contributed by atoms with Gasteiger partial charge in [-0.15, -0.1) is 0 Å². The first-order valence-electron chi connectivity index (χ1n) is 3.69. The van der Waals surface area contributed by atoms with Gasteiger partial charge in [0.25, 0.3) is 6.47 Å². The quantitative estimate of drug-likeness (QED) is 0.747. The summed E-state index contributed by atoms with van der Waals surface area (Å²) in [5.74, 6) is 0. The number of aromatic nitrogens is 2. The summed E-state index contributed by atoms with van der Waals surface area (Å²) in [4.78, 5) is 16.9. The topological polar surface area (TPSA) is 52.1 Å². The van der Waals surface area contributed by atoms with Crippen molar-refractivity contribution in [2.45, 2.75) is 13.8 Å². The van der Waals surface area contributed by atoms with E-state index in [0.29, 0.717) is 13.1 Å². The van der Waals surface area contributed by atoms with Crippen LogP contribution in [0.1, 0.15) is 12.6 Å². The molecule has 72 valence electrons. The van der Waals surface area contributed by atoms with Crippen molar-refractivity contribution in [3.63, 3.8) is 0 Å². The second-order valence-electron chi connectivity index (χ2n) is 2.01. The number of nitrogens with zero attached hydrogens (tertiary/aromatic N) is 2. The molecule has 1 heterocycles. The Balaban J connectivity index is 0.000000252. The minimum atomic E-state index is 0.431. The van der Waals surface area contributed by atoms with Gasteiger partial charge in [0.15, 0.2) is 0 Å². The molecule has 0 unspecified atom stereocenters. The van der Waals surface area contributed by atoms with Gasteiger partial charge in [0.1, 0.15) is 6.33 Å². The highest BCUT2D eigenvalue weighted by molar-refractivity contribution is 9.10. The summed E-state index contributed by atoms with van der Waals surface area (Å²) in [6.07, 6.45) is 3.25. The van der Waals surface area contributed by atoms with E-state index in [1.54, 1.807) is 13.1 Å². The lowest BCUT2D eigenvalue weighted by Gasteiger charge is -1.89. The number of rotatable bonds is 2. The van der Waals surface area contributed by atoms with Gasteiger partial charge in [-0.25, -0.2) is 9.97 Å². The van der Waals surface area contributed by atoms with E-state index in [1.807, 2.05) is 6.92 Å². The van der Waals surface area contributed by atoms with Crippen LogP contribution in [0, 0.1) is 6.92 Å². The number of hydrogen-bond donors (Lipinski definition) is 0. The minimum Gasteiger partial charge on any atom is -0.468 e. The molecule has 0 aromatic carbocycles. The van der Waals surface area contributed by atoms with Crippen LogP contribution in [0.4, 0.5) is 0 Å². The Morgan fingerprint density at radius 2 is 2.38 bits per heavy atom. The first-order valence-corrected chi connectivity index (χ1v) is 4.49. The zero-order chi connectivity index (χ0) is 10.1. The van der Waals surface area contributed by atoms with Crippen LogP contribution in [0.5, 0.6) is 0 Å². The maximum Gasteiger partial charge on any atom is 0.293 e. The Hall–Kier alpha value is -0.970. The first kappa shape index (κ1) is 12.0. The number of aryl methyl sites for hydroxylation is 1.